The van der Waals surface area contributed by atoms with Crippen molar-refractivity contribution in [2.75, 3.05) is 13.1 Å². The molecule has 72 valence electrons. The van der Waals surface area contributed by atoms with Crippen molar-refractivity contribution in [1.29, 1.82) is 0 Å². The first kappa shape index (κ1) is 10.0. The molecule has 0 saturated heterocycles. The molecule has 1 aromatic carbocycles. The van der Waals surface area contributed by atoms with Gasteiger partial charge in [-0.1, -0.05) is 18.2 Å². The predicted molar refractivity (Wildman–Crippen MR) is 53.6 cm³/mol. The van der Waals surface area contributed by atoms with Crippen LogP contribution in [0.15, 0.2) is 18.2 Å². The van der Waals surface area contributed by atoms with Crippen LogP contribution in [-0.2, 0) is 6.54 Å². The van der Waals surface area contributed by atoms with E-state index in [4.69, 9.17) is 5.73 Å². The van der Waals surface area contributed by atoms with Crippen LogP contribution in [0.3, 0.4) is 0 Å². The van der Waals surface area contributed by atoms with Crippen LogP contribution >= 0.6 is 0 Å². The number of phenols is 1. The number of benzene rings is 1. The number of aryl methyl sites for hydroxylation is 1. The molecule has 3 nitrogen and oxygen atoms in total. The molecule has 0 unspecified atom stereocenters. The number of phenolic OH excluding ortho intramolecular Hbond substituents is 1. The summed E-state index contributed by atoms with van der Waals surface area (Å²) < 4.78 is 0. The Morgan fingerprint density at radius 2 is 2.23 bits per heavy atom. The molecule has 4 N–H and O–H groups in total. The van der Waals surface area contributed by atoms with Crippen LogP contribution in [0.4, 0.5) is 0 Å². The van der Waals surface area contributed by atoms with E-state index in [0.29, 0.717) is 18.8 Å². The molecule has 0 radical (unpaired) electrons. The quantitative estimate of drug-likeness (QED) is 0.599. The molecule has 0 spiro atoms. The Morgan fingerprint density at radius 3 is 2.92 bits per heavy atom. The van der Waals surface area contributed by atoms with Crippen molar-refractivity contribution in [2.24, 2.45) is 5.73 Å². The third-order valence-electron chi connectivity index (χ3n) is 1.96. The standard InChI is InChI=1S/C10H16N2O/c1-8-3-2-4-9(10(8)13)7-12-6-5-11/h2-4,12-13H,5-7,11H2,1H3. The lowest BCUT2D eigenvalue weighted by Crippen LogP contribution is -2.21. The Kier molecular flexibility index (Phi) is 3.73. The van der Waals surface area contributed by atoms with Gasteiger partial charge in [0.25, 0.3) is 0 Å². The maximum absolute atomic E-state index is 9.63. The Morgan fingerprint density at radius 1 is 1.46 bits per heavy atom. The maximum Gasteiger partial charge on any atom is 0.122 e. The number of para-hydroxylation sites is 1. The summed E-state index contributed by atoms with van der Waals surface area (Å²) in [6.45, 7) is 3.95. The first-order valence-corrected chi connectivity index (χ1v) is 4.44. The summed E-state index contributed by atoms with van der Waals surface area (Å²) in [5, 5.41) is 12.8. The highest BCUT2D eigenvalue weighted by Crippen LogP contribution is 2.20. The zero-order chi connectivity index (χ0) is 9.68. The zero-order valence-corrected chi connectivity index (χ0v) is 7.88. The van der Waals surface area contributed by atoms with Gasteiger partial charge in [-0.3, -0.25) is 0 Å². The van der Waals surface area contributed by atoms with Gasteiger partial charge in [-0.2, -0.15) is 0 Å². The lowest BCUT2D eigenvalue weighted by Gasteiger charge is -2.07. The molecule has 1 rings (SSSR count). The summed E-state index contributed by atoms with van der Waals surface area (Å²) in [6.07, 6.45) is 0. The first-order chi connectivity index (χ1) is 6.25. The number of aromatic hydroxyl groups is 1. The lowest BCUT2D eigenvalue weighted by molar-refractivity contribution is 0.460. The average molecular weight is 180 g/mol. The van der Waals surface area contributed by atoms with Crippen LogP contribution < -0.4 is 11.1 Å². The smallest absolute Gasteiger partial charge is 0.122 e. The molecule has 13 heavy (non-hydrogen) atoms. The van der Waals surface area contributed by atoms with Gasteiger partial charge in [0.15, 0.2) is 0 Å². The van der Waals surface area contributed by atoms with E-state index in [9.17, 15) is 5.11 Å². The predicted octanol–water partition coefficient (Wildman–Crippen LogP) is 0.749. The summed E-state index contributed by atoms with van der Waals surface area (Å²) >= 11 is 0. The number of hydrogen-bond donors (Lipinski definition) is 3. The van der Waals surface area contributed by atoms with E-state index in [1.807, 2.05) is 25.1 Å². The fraction of sp³-hybridized carbons (Fsp3) is 0.400. The molecule has 0 heterocycles. The van der Waals surface area contributed by atoms with E-state index in [-0.39, 0.29) is 0 Å². The molecule has 0 saturated carbocycles. The van der Waals surface area contributed by atoms with Crippen LogP contribution in [0.2, 0.25) is 0 Å². The Hall–Kier alpha value is -1.06. The highest BCUT2D eigenvalue weighted by Gasteiger charge is 2.01. The van der Waals surface area contributed by atoms with Gasteiger partial charge in [-0.05, 0) is 12.5 Å². The summed E-state index contributed by atoms with van der Waals surface area (Å²) in [7, 11) is 0. The third kappa shape index (κ3) is 2.72. The molecule has 0 aliphatic carbocycles. The molecule has 0 amide bonds. The average Bonchev–Trinajstić information content (AvgIpc) is 2.13. The maximum atomic E-state index is 9.63. The normalized spacial score (nSPS) is 10.3. The summed E-state index contributed by atoms with van der Waals surface area (Å²) in [5.74, 6) is 0.382. The van der Waals surface area contributed by atoms with E-state index in [0.717, 1.165) is 17.7 Å². The fourth-order valence-electron chi connectivity index (χ4n) is 1.19. The third-order valence-corrected chi connectivity index (χ3v) is 1.96. The van der Waals surface area contributed by atoms with E-state index in [2.05, 4.69) is 5.32 Å². The largest absolute Gasteiger partial charge is 0.507 e. The summed E-state index contributed by atoms with van der Waals surface area (Å²) in [5.41, 5.74) is 7.17. The van der Waals surface area contributed by atoms with Crippen LogP contribution in [0.25, 0.3) is 0 Å². The number of hydrogen-bond acceptors (Lipinski definition) is 3. The molecule has 0 aromatic heterocycles. The number of nitrogens with two attached hydrogens (primary N) is 1. The highest BCUT2D eigenvalue weighted by atomic mass is 16.3. The SMILES string of the molecule is Cc1cccc(CNCCN)c1O. The second-order valence-corrected chi connectivity index (χ2v) is 3.05. The number of nitrogens with one attached hydrogen (secondary N) is 1. The molecular formula is C10H16N2O. The van der Waals surface area contributed by atoms with Crippen molar-refractivity contribution in [3.63, 3.8) is 0 Å². The molecule has 0 fully saturated rings. The van der Waals surface area contributed by atoms with Gasteiger partial charge < -0.3 is 16.2 Å². The van der Waals surface area contributed by atoms with Crippen molar-refractivity contribution in [2.45, 2.75) is 13.5 Å². The zero-order valence-electron chi connectivity index (χ0n) is 7.88. The van der Waals surface area contributed by atoms with Crippen molar-refractivity contribution >= 4 is 0 Å². The van der Waals surface area contributed by atoms with Crippen LogP contribution in [0, 0.1) is 6.92 Å². The van der Waals surface area contributed by atoms with E-state index in [1.54, 1.807) is 0 Å². The van der Waals surface area contributed by atoms with Gasteiger partial charge in [0, 0.05) is 25.2 Å². The Balaban J connectivity index is 2.61. The lowest BCUT2D eigenvalue weighted by atomic mass is 10.1. The summed E-state index contributed by atoms with van der Waals surface area (Å²) in [6, 6.07) is 5.74. The van der Waals surface area contributed by atoms with Gasteiger partial charge in [0.1, 0.15) is 5.75 Å². The molecule has 3 heteroatoms. The molecule has 0 bridgehead atoms. The second kappa shape index (κ2) is 4.84. The van der Waals surface area contributed by atoms with Gasteiger partial charge in [0.2, 0.25) is 0 Å². The van der Waals surface area contributed by atoms with Gasteiger partial charge in [-0.15, -0.1) is 0 Å². The van der Waals surface area contributed by atoms with E-state index >= 15 is 0 Å². The Labute approximate surface area is 78.6 Å². The van der Waals surface area contributed by atoms with Gasteiger partial charge in [-0.25, -0.2) is 0 Å². The van der Waals surface area contributed by atoms with Gasteiger partial charge >= 0.3 is 0 Å². The molecule has 0 aliphatic rings. The highest BCUT2D eigenvalue weighted by molar-refractivity contribution is 5.39. The molecule has 1 aromatic rings. The minimum atomic E-state index is 0.382. The van der Waals surface area contributed by atoms with Crippen molar-refractivity contribution in [3.05, 3.63) is 29.3 Å². The summed E-state index contributed by atoms with van der Waals surface area (Å²) in [4.78, 5) is 0. The minimum Gasteiger partial charge on any atom is -0.507 e. The molecule has 0 aliphatic heterocycles. The van der Waals surface area contributed by atoms with Crippen LogP contribution in [0.5, 0.6) is 5.75 Å². The van der Waals surface area contributed by atoms with Crippen molar-refractivity contribution in [3.8, 4) is 5.75 Å². The van der Waals surface area contributed by atoms with Gasteiger partial charge in [0.05, 0.1) is 0 Å². The van der Waals surface area contributed by atoms with E-state index < -0.39 is 0 Å². The van der Waals surface area contributed by atoms with Crippen molar-refractivity contribution in [1.82, 2.24) is 5.32 Å². The first-order valence-electron chi connectivity index (χ1n) is 4.44. The number of rotatable bonds is 4. The van der Waals surface area contributed by atoms with E-state index in [1.165, 1.54) is 0 Å². The molecule has 0 atom stereocenters. The molecular weight excluding hydrogens is 164 g/mol. The topological polar surface area (TPSA) is 58.3 Å². The Bertz CT molecular complexity index is 274. The monoisotopic (exact) mass is 180 g/mol. The van der Waals surface area contributed by atoms with Crippen molar-refractivity contribution < 1.29 is 5.11 Å². The fourth-order valence-corrected chi connectivity index (χ4v) is 1.19. The minimum absolute atomic E-state index is 0.382. The second-order valence-electron chi connectivity index (χ2n) is 3.05. The van der Waals surface area contributed by atoms with Crippen LogP contribution in [-0.4, -0.2) is 18.2 Å². The van der Waals surface area contributed by atoms with Crippen LogP contribution in [0.1, 0.15) is 11.1 Å².